The van der Waals surface area contributed by atoms with Crippen molar-refractivity contribution in [2.24, 2.45) is 5.92 Å². The Kier molecular flexibility index (Phi) is 5.67. The van der Waals surface area contributed by atoms with Crippen molar-refractivity contribution in [3.8, 4) is 0 Å². The molecule has 144 valence electrons. The van der Waals surface area contributed by atoms with E-state index in [0.717, 1.165) is 38.6 Å². The Morgan fingerprint density at radius 2 is 1.54 bits per heavy atom. The molecule has 4 nitrogen and oxygen atoms in total. The van der Waals surface area contributed by atoms with Crippen LogP contribution in [0, 0.1) is 5.92 Å². The predicted molar refractivity (Wildman–Crippen MR) is 105 cm³/mol. The van der Waals surface area contributed by atoms with Crippen molar-refractivity contribution in [2.75, 3.05) is 32.7 Å². The first-order valence-corrected chi connectivity index (χ1v) is 11.9. The molecule has 2 saturated heterocycles. The van der Waals surface area contributed by atoms with Gasteiger partial charge in [-0.25, -0.2) is 8.42 Å². The zero-order valence-corrected chi connectivity index (χ0v) is 16.6. The van der Waals surface area contributed by atoms with Crippen molar-refractivity contribution in [1.82, 2.24) is 9.21 Å². The van der Waals surface area contributed by atoms with E-state index in [1.165, 1.54) is 49.9 Å². The average molecular weight is 377 g/mol. The van der Waals surface area contributed by atoms with Crippen molar-refractivity contribution in [3.63, 3.8) is 0 Å². The third-order valence-electron chi connectivity index (χ3n) is 6.50. The molecule has 1 aromatic rings. The fraction of sp³-hybridized carbons (Fsp3) is 0.714. The maximum atomic E-state index is 13.0. The Labute approximate surface area is 158 Å². The monoisotopic (exact) mass is 376 g/mol. The zero-order valence-electron chi connectivity index (χ0n) is 15.8. The highest BCUT2D eigenvalue weighted by molar-refractivity contribution is 7.89. The van der Waals surface area contributed by atoms with Gasteiger partial charge in [0.05, 0.1) is 4.90 Å². The molecule has 0 unspecified atom stereocenters. The van der Waals surface area contributed by atoms with Crippen LogP contribution in [0.2, 0.25) is 0 Å². The average Bonchev–Trinajstić information content (AvgIpc) is 2.98. The first-order chi connectivity index (χ1) is 12.6. The van der Waals surface area contributed by atoms with E-state index in [1.54, 1.807) is 4.31 Å². The maximum Gasteiger partial charge on any atom is 0.243 e. The van der Waals surface area contributed by atoms with E-state index >= 15 is 0 Å². The normalized spacial score (nSPS) is 23.7. The van der Waals surface area contributed by atoms with Gasteiger partial charge in [0.1, 0.15) is 0 Å². The molecule has 5 heteroatoms. The van der Waals surface area contributed by atoms with E-state index in [0.29, 0.717) is 23.9 Å². The van der Waals surface area contributed by atoms with Crippen molar-refractivity contribution in [1.29, 1.82) is 0 Å². The van der Waals surface area contributed by atoms with Crippen molar-refractivity contribution >= 4 is 10.0 Å². The lowest BCUT2D eigenvalue weighted by molar-refractivity contribution is 0.186. The van der Waals surface area contributed by atoms with Gasteiger partial charge < -0.3 is 4.90 Å². The fourth-order valence-corrected chi connectivity index (χ4v) is 6.39. The van der Waals surface area contributed by atoms with Gasteiger partial charge in [-0.15, -0.1) is 0 Å². The van der Waals surface area contributed by atoms with E-state index in [2.05, 4.69) is 4.90 Å². The molecule has 3 aliphatic rings. The molecule has 2 aliphatic heterocycles. The summed E-state index contributed by atoms with van der Waals surface area (Å²) in [5.41, 5.74) is 2.57. The SMILES string of the molecule is O=S(=O)(c1ccc2c(c1)CCC2)N1CCC(CN2CCCCCC2)CC1. The van der Waals surface area contributed by atoms with E-state index in [1.807, 2.05) is 18.2 Å². The smallest absolute Gasteiger partial charge is 0.243 e. The minimum absolute atomic E-state index is 0.504. The summed E-state index contributed by atoms with van der Waals surface area (Å²) in [5, 5.41) is 0. The molecule has 4 rings (SSSR count). The molecule has 0 N–H and O–H groups in total. The van der Waals surface area contributed by atoms with Gasteiger partial charge in [0, 0.05) is 19.6 Å². The molecule has 0 radical (unpaired) electrons. The first kappa shape index (κ1) is 18.5. The number of piperidine rings is 1. The number of hydrogen-bond donors (Lipinski definition) is 0. The number of fused-ring (bicyclic) bond motifs is 1. The quantitative estimate of drug-likeness (QED) is 0.808. The summed E-state index contributed by atoms with van der Waals surface area (Å²) >= 11 is 0. The van der Waals surface area contributed by atoms with Crippen LogP contribution in [0.15, 0.2) is 23.1 Å². The molecule has 0 amide bonds. The molecular weight excluding hydrogens is 344 g/mol. The minimum Gasteiger partial charge on any atom is -0.303 e. The van der Waals surface area contributed by atoms with Gasteiger partial charge in [-0.1, -0.05) is 18.9 Å². The number of sulfonamides is 1. The molecule has 0 saturated carbocycles. The van der Waals surface area contributed by atoms with Crippen LogP contribution in [-0.2, 0) is 22.9 Å². The largest absolute Gasteiger partial charge is 0.303 e. The molecule has 2 fully saturated rings. The van der Waals surface area contributed by atoms with Gasteiger partial charge in [-0.05, 0) is 87.2 Å². The summed E-state index contributed by atoms with van der Waals surface area (Å²) in [6.45, 7) is 4.98. The minimum atomic E-state index is -3.33. The lowest BCUT2D eigenvalue weighted by Gasteiger charge is -2.34. The maximum absolute atomic E-state index is 13.0. The van der Waals surface area contributed by atoms with Gasteiger partial charge in [0.25, 0.3) is 0 Å². The van der Waals surface area contributed by atoms with Crippen LogP contribution < -0.4 is 0 Å². The second-order valence-corrected chi connectivity index (χ2v) is 10.3. The number of benzene rings is 1. The van der Waals surface area contributed by atoms with E-state index in [-0.39, 0.29) is 0 Å². The van der Waals surface area contributed by atoms with Crippen LogP contribution in [0.4, 0.5) is 0 Å². The third-order valence-corrected chi connectivity index (χ3v) is 8.39. The van der Waals surface area contributed by atoms with Crippen LogP contribution in [0.5, 0.6) is 0 Å². The molecule has 26 heavy (non-hydrogen) atoms. The van der Waals surface area contributed by atoms with Crippen LogP contribution in [0.25, 0.3) is 0 Å². The Balaban J connectivity index is 1.36. The van der Waals surface area contributed by atoms with Crippen molar-refractivity contribution in [2.45, 2.75) is 62.7 Å². The molecule has 0 spiro atoms. The Morgan fingerprint density at radius 3 is 2.27 bits per heavy atom. The molecule has 0 bridgehead atoms. The van der Waals surface area contributed by atoms with Crippen LogP contribution in [0.3, 0.4) is 0 Å². The summed E-state index contributed by atoms with van der Waals surface area (Å²) in [6, 6.07) is 5.78. The van der Waals surface area contributed by atoms with Crippen LogP contribution in [0.1, 0.15) is 56.1 Å². The van der Waals surface area contributed by atoms with E-state index in [9.17, 15) is 8.42 Å². The van der Waals surface area contributed by atoms with Crippen LogP contribution >= 0.6 is 0 Å². The topological polar surface area (TPSA) is 40.6 Å². The second kappa shape index (κ2) is 7.99. The van der Waals surface area contributed by atoms with Crippen molar-refractivity contribution < 1.29 is 8.42 Å². The highest BCUT2D eigenvalue weighted by atomic mass is 32.2. The summed E-state index contributed by atoms with van der Waals surface area (Å²) in [5.74, 6) is 0.652. The highest BCUT2D eigenvalue weighted by Crippen LogP contribution is 2.29. The molecule has 0 aromatic heterocycles. The van der Waals surface area contributed by atoms with Gasteiger partial charge >= 0.3 is 0 Å². The molecular formula is C21H32N2O2S. The number of nitrogens with zero attached hydrogens (tertiary/aromatic N) is 2. The summed E-state index contributed by atoms with van der Waals surface area (Å²) in [7, 11) is -3.33. The number of rotatable bonds is 4. The Hall–Kier alpha value is -0.910. The number of hydrogen-bond acceptors (Lipinski definition) is 3. The van der Waals surface area contributed by atoms with Gasteiger partial charge in [0.2, 0.25) is 10.0 Å². The lowest BCUT2D eigenvalue weighted by atomic mass is 9.97. The number of aryl methyl sites for hydroxylation is 2. The number of likely N-dealkylation sites (tertiary alicyclic amines) is 1. The van der Waals surface area contributed by atoms with Crippen molar-refractivity contribution in [3.05, 3.63) is 29.3 Å². The molecule has 0 atom stereocenters. The highest BCUT2D eigenvalue weighted by Gasteiger charge is 2.30. The lowest BCUT2D eigenvalue weighted by Crippen LogP contribution is -2.41. The third kappa shape index (κ3) is 4.00. The summed E-state index contributed by atoms with van der Waals surface area (Å²) in [6.07, 6.45) is 10.7. The molecule has 1 aromatic carbocycles. The predicted octanol–water partition coefficient (Wildman–Crippen LogP) is 3.45. The van der Waals surface area contributed by atoms with Gasteiger partial charge in [0.15, 0.2) is 0 Å². The van der Waals surface area contributed by atoms with Gasteiger partial charge in [-0.3, -0.25) is 0 Å². The fourth-order valence-electron chi connectivity index (χ4n) is 4.87. The van der Waals surface area contributed by atoms with E-state index in [4.69, 9.17) is 0 Å². The summed E-state index contributed by atoms with van der Waals surface area (Å²) < 4.78 is 27.8. The molecule has 1 aliphatic carbocycles. The molecule has 2 heterocycles. The zero-order chi connectivity index (χ0) is 18.0. The second-order valence-electron chi connectivity index (χ2n) is 8.35. The first-order valence-electron chi connectivity index (χ1n) is 10.5. The van der Waals surface area contributed by atoms with Crippen LogP contribution in [-0.4, -0.2) is 50.3 Å². The Bertz CT molecular complexity index is 716. The standard InChI is InChI=1S/C21H32N2O2S/c24-26(25,21-9-8-19-6-5-7-20(19)16-21)23-14-10-18(11-15-23)17-22-12-3-1-2-4-13-22/h8-9,16,18H,1-7,10-15,17H2. The summed E-state index contributed by atoms with van der Waals surface area (Å²) in [4.78, 5) is 3.12. The van der Waals surface area contributed by atoms with E-state index < -0.39 is 10.0 Å². The van der Waals surface area contributed by atoms with Gasteiger partial charge in [-0.2, -0.15) is 4.31 Å². The Morgan fingerprint density at radius 1 is 0.846 bits per heavy atom.